The molecule has 0 saturated carbocycles. The lowest BCUT2D eigenvalue weighted by Gasteiger charge is -2.03. The highest BCUT2D eigenvalue weighted by Gasteiger charge is 2.12. The van der Waals surface area contributed by atoms with Crippen LogP contribution in [0, 0.1) is 0 Å². The fourth-order valence-corrected chi connectivity index (χ4v) is 2.66. The number of nitrogens with zero attached hydrogens (tertiary/aromatic N) is 2. The molecular formula is C17H14BrN3O2. The Morgan fingerprint density at radius 2 is 2.00 bits per heavy atom. The van der Waals surface area contributed by atoms with Crippen LogP contribution in [0.1, 0.15) is 5.69 Å². The molecule has 116 valence electrons. The minimum Gasteiger partial charge on any atom is -0.497 e. The third-order valence-corrected chi connectivity index (χ3v) is 3.86. The van der Waals surface area contributed by atoms with Crippen molar-refractivity contribution in [3.05, 3.63) is 58.8 Å². The van der Waals surface area contributed by atoms with Gasteiger partial charge in [0.1, 0.15) is 11.4 Å². The lowest BCUT2D eigenvalue weighted by molar-refractivity contribution is -0.113. The van der Waals surface area contributed by atoms with E-state index in [0.717, 1.165) is 32.8 Å². The highest BCUT2D eigenvalue weighted by Crippen LogP contribution is 2.28. The van der Waals surface area contributed by atoms with Crippen LogP contribution in [0.25, 0.3) is 23.0 Å². The summed E-state index contributed by atoms with van der Waals surface area (Å²) in [7, 11) is 1.62. The molecule has 3 rings (SSSR count). The molecule has 1 amide bonds. The van der Waals surface area contributed by atoms with Gasteiger partial charge in [-0.25, -0.2) is 4.98 Å². The van der Waals surface area contributed by atoms with Crippen LogP contribution in [-0.4, -0.2) is 22.4 Å². The van der Waals surface area contributed by atoms with Gasteiger partial charge in [-0.3, -0.25) is 9.20 Å². The molecule has 0 fully saturated rings. The van der Waals surface area contributed by atoms with E-state index < -0.39 is 5.91 Å². The molecule has 2 heterocycles. The minimum absolute atomic E-state index is 0.504. The molecular weight excluding hydrogens is 358 g/mol. The van der Waals surface area contributed by atoms with Gasteiger partial charge in [0.25, 0.3) is 0 Å². The Hall–Kier alpha value is -2.60. The monoisotopic (exact) mass is 371 g/mol. The summed E-state index contributed by atoms with van der Waals surface area (Å²) in [6.45, 7) is 0. The number of aromatic nitrogens is 2. The number of ether oxygens (including phenoxy) is 1. The van der Waals surface area contributed by atoms with Crippen LogP contribution in [0.2, 0.25) is 0 Å². The van der Waals surface area contributed by atoms with Gasteiger partial charge < -0.3 is 10.5 Å². The Morgan fingerprint density at radius 3 is 2.65 bits per heavy atom. The predicted molar refractivity (Wildman–Crippen MR) is 93.1 cm³/mol. The van der Waals surface area contributed by atoms with Crippen LogP contribution >= 0.6 is 15.9 Å². The average molecular weight is 372 g/mol. The number of methoxy groups -OCH3 is 1. The number of rotatable bonds is 4. The third-order valence-electron chi connectivity index (χ3n) is 3.39. The maximum atomic E-state index is 11.1. The maximum absolute atomic E-state index is 11.1. The summed E-state index contributed by atoms with van der Waals surface area (Å²) in [4.78, 5) is 15.8. The fraction of sp³-hybridized carbons (Fsp3) is 0.0588. The number of benzene rings is 1. The van der Waals surface area contributed by atoms with E-state index in [1.54, 1.807) is 13.2 Å². The van der Waals surface area contributed by atoms with Crippen molar-refractivity contribution in [1.29, 1.82) is 0 Å². The van der Waals surface area contributed by atoms with Crippen molar-refractivity contribution in [2.45, 2.75) is 0 Å². The molecule has 0 atom stereocenters. The second-order valence-corrected chi connectivity index (χ2v) is 5.80. The van der Waals surface area contributed by atoms with Crippen LogP contribution in [0.4, 0.5) is 0 Å². The molecule has 2 aromatic heterocycles. The van der Waals surface area contributed by atoms with Crippen LogP contribution < -0.4 is 10.5 Å². The van der Waals surface area contributed by atoms with Gasteiger partial charge in [-0.15, -0.1) is 0 Å². The van der Waals surface area contributed by atoms with Crippen molar-refractivity contribution in [2.75, 3.05) is 7.11 Å². The lowest BCUT2D eigenvalue weighted by Crippen LogP contribution is -2.05. The summed E-state index contributed by atoms with van der Waals surface area (Å²) in [5.41, 5.74) is 8.48. The zero-order valence-corrected chi connectivity index (χ0v) is 13.9. The fourth-order valence-electron chi connectivity index (χ4n) is 2.32. The van der Waals surface area contributed by atoms with E-state index in [-0.39, 0.29) is 0 Å². The normalized spacial score (nSPS) is 11.2. The summed E-state index contributed by atoms with van der Waals surface area (Å²) in [5.74, 6) is 0.269. The number of pyridine rings is 1. The summed E-state index contributed by atoms with van der Waals surface area (Å²) < 4.78 is 8.00. The van der Waals surface area contributed by atoms with Gasteiger partial charge in [-0.2, -0.15) is 0 Å². The van der Waals surface area contributed by atoms with Crippen LogP contribution in [0.15, 0.2) is 53.1 Å². The highest BCUT2D eigenvalue weighted by molar-refractivity contribution is 9.10. The smallest absolute Gasteiger partial charge is 0.241 e. The number of hydrogen-bond donors (Lipinski definition) is 1. The molecule has 0 aliphatic carbocycles. The van der Waals surface area contributed by atoms with Gasteiger partial charge in [-0.05, 0) is 58.4 Å². The Kier molecular flexibility index (Phi) is 4.16. The van der Waals surface area contributed by atoms with Crippen molar-refractivity contribution < 1.29 is 9.53 Å². The molecule has 6 heteroatoms. The Labute approximate surface area is 141 Å². The third kappa shape index (κ3) is 3.12. The highest BCUT2D eigenvalue weighted by atomic mass is 79.9. The summed E-state index contributed by atoms with van der Waals surface area (Å²) in [6, 6.07) is 11.4. The van der Waals surface area contributed by atoms with Gasteiger partial charge in [-0.1, -0.05) is 0 Å². The van der Waals surface area contributed by atoms with Crippen LogP contribution in [0.3, 0.4) is 0 Å². The van der Waals surface area contributed by atoms with E-state index in [4.69, 9.17) is 10.5 Å². The second kappa shape index (κ2) is 6.26. The molecule has 3 aromatic rings. The molecule has 0 spiro atoms. The summed E-state index contributed by atoms with van der Waals surface area (Å²) in [6.07, 6.45) is 4.90. The number of imidazole rings is 1. The average Bonchev–Trinajstić information content (AvgIpc) is 2.90. The Balaban J connectivity index is 2.21. The van der Waals surface area contributed by atoms with Gasteiger partial charge in [0.15, 0.2) is 0 Å². The van der Waals surface area contributed by atoms with E-state index in [2.05, 4.69) is 20.9 Å². The predicted octanol–water partition coefficient (Wildman–Crippen LogP) is 3.27. The zero-order chi connectivity index (χ0) is 16.4. The first-order chi connectivity index (χ1) is 11.1. The molecule has 0 unspecified atom stereocenters. The second-order valence-electron chi connectivity index (χ2n) is 4.89. The van der Waals surface area contributed by atoms with Gasteiger partial charge in [0.05, 0.1) is 18.5 Å². The van der Waals surface area contributed by atoms with E-state index >= 15 is 0 Å². The first-order valence-electron chi connectivity index (χ1n) is 6.88. The standard InChI is InChI=1S/C17H14BrN3O2/c1-23-13-5-2-11(3-6-13)17-14(7-8-15(19)22)21-10-12(18)4-9-16(21)20-17/h2-10H,1H3,(H2,19,22)/b8-7+. The topological polar surface area (TPSA) is 69.6 Å². The van der Waals surface area contributed by atoms with Crippen LogP contribution in [-0.2, 0) is 4.79 Å². The molecule has 0 bridgehead atoms. The van der Waals surface area contributed by atoms with Crippen molar-refractivity contribution in [1.82, 2.24) is 9.38 Å². The van der Waals surface area contributed by atoms with E-state index in [1.165, 1.54) is 6.08 Å². The number of fused-ring (bicyclic) bond motifs is 1. The molecule has 1 aromatic carbocycles. The number of carbonyl (C=O) groups excluding carboxylic acids is 1. The first-order valence-corrected chi connectivity index (χ1v) is 7.67. The number of hydrogen-bond acceptors (Lipinski definition) is 3. The molecule has 23 heavy (non-hydrogen) atoms. The van der Waals surface area contributed by atoms with E-state index in [1.807, 2.05) is 47.0 Å². The summed E-state index contributed by atoms with van der Waals surface area (Å²) in [5, 5.41) is 0. The van der Waals surface area contributed by atoms with E-state index in [0.29, 0.717) is 0 Å². The quantitative estimate of drug-likeness (QED) is 0.715. The molecule has 0 aliphatic rings. The SMILES string of the molecule is COc1ccc(-c2nc3ccc(Br)cn3c2/C=C/C(N)=O)cc1. The Morgan fingerprint density at radius 1 is 1.26 bits per heavy atom. The maximum Gasteiger partial charge on any atom is 0.241 e. The largest absolute Gasteiger partial charge is 0.497 e. The number of amides is 1. The molecule has 2 N–H and O–H groups in total. The van der Waals surface area contributed by atoms with Crippen molar-refractivity contribution in [3.63, 3.8) is 0 Å². The molecule has 0 radical (unpaired) electrons. The minimum atomic E-state index is -0.504. The molecule has 0 saturated heterocycles. The van der Waals surface area contributed by atoms with E-state index in [9.17, 15) is 4.79 Å². The number of carbonyl (C=O) groups is 1. The summed E-state index contributed by atoms with van der Waals surface area (Å²) >= 11 is 3.45. The number of nitrogens with two attached hydrogens (primary N) is 1. The first kappa shape index (κ1) is 15.3. The molecule has 0 aliphatic heterocycles. The van der Waals surface area contributed by atoms with Gasteiger partial charge in [0.2, 0.25) is 5.91 Å². The van der Waals surface area contributed by atoms with Gasteiger partial charge >= 0.3 is 0 Å². The lowest BCUT2D eigenvalue weighted by atomic mass is 10.1. The number of primary amides is 1. The van der Waals surface area contributed by atoms with Crippen LogP contribution in [0.5, 0.6) is 5.75 Å². The zero-order valence-electron chi connectivity index (χ0n) is 12.4. The van der Waals surface area contributed by atoms with Crippen molar-refractivity contribution in [3.8, 4) is 17.0 Å². The molecule has 5 nitrogen and oxygen atoms in total. The van der Waals surface area contributed by atoms with Crippen molar-refractivity contribution in [2.24, 2.45) is 5.73 Å². The number of halogens is 1. The Bertz CT molecular complexity index is 898. The van der Waals surface area contributed by atoms with Gasteiger partial charge in [0, 0.05) is 22.3 Å². The van der Waals surface area contributed by atoms with Crippen molar-refractivity contribution >= 4 is 33.6 Å².